The monoisotopic (exact) mass is 603 g/mol. The number of carbonyl (C=O) groups excluding carboxylic acids is 1. The van der Waals surface area contributed by atoms with Crippen LogP contribution in [0.25, 0.3) is 22.3 Å². The third kappa shape index (κ3) is 6.36. The maximum Gasteiger partial charge on any atom is 0.282 e. The van der Waals surface area contributed by atoms with Crippen LogP contribution in [-0.2, 0) is 0 Å². The highest BCUT2D eigenvalue weighted by Crippen LogP contribution is 2.35. The number of aromatic nitrogens is 2. The van der Waals surface area contributed by atoms with E-state index in [0.29, 0.717) is 58.1 Å². The topological polar surface area (TPSA) is 92.0 Å². The molecule has 8 heteroatoms. The minimum absolute atomic E-state index is 0.168. The van der Waals surface area contributed by atoms with Crippen LogP contribution in [0.2, 0.25) is 0 Å². The second-order valence-electron chi connectivity index (χ2n) is 10.8. The van der Waals surface area contributed by atoms with Crippen LogP contribution < -0.4 is 19.8 Å². The van der Waals surface area contributed by atoms with Crippen molar-refractivity contribution in [1.29, 1.82) is 0 Å². The molecule has 0 radical (unpaired) electrons. The molecule has 230 valence electrons. The third-order valence-corrected chi connectivity index (χ3v) is 7.50. The van der Waals surface area contributed by atoms with Gasteiger partial charge >= 0.3 is 0 Å². The van der Waals surface area contributed by atoms with Crippen LogP contribution in [0.3, 0.4) is 0 Å². The van der Waals surface area contributed by atoms with Crippen molar-refractivity contribution < 1.29 is 19.0 Å². The Hall–Kier alpha value is -5.24. The number of methoxy groups -OCH3 is 1. The number of para-hydroxylation sites is 1. The summed E-state index contributed by atoms with van der Waals surface area (Å²) in [6, 6.07) is 23.6. The van der Waals surface area contributed by atoms with Gasteiger partial charge in [0.05, 0.1) is 43.0 Å². The van der Waals surface area contributed by atoms with Gasteiger partial charge in [0.25, 0.3) is 5.56 Å². The number of ether oxygens (including phenoxy) is 3. The minimum Gasteiger partial charge on any atom is -0.496 e. The van der Waals surface area contributed by atoms with Crippen molar-refractivity contribution in [2.75, 3.05) is 20.3 Å². The van der Waals surface area contributed by atoms with Crippen LogP contribution in [0.5, 0.6) is 17.2 Å². The largest absolute Gasteiger partial charge is 0.496 e. The van der Waals surface area contributed by atoms with Crippen LogP contribution in [0, 0.1) is 6.92 Å². The fourth-order valence-corrected chi connectivity index (χ4v) is 5.25. The minimum atomic E-state index is -0.322. The van der Waals surface area contributed by atoms with Crippen molar-refractivity contribution >= 4 is 22.9 Å². The van der Waals surface area contributed by atoms with Crippen molar-refractivity contribution in [1.82, 2.24) is 9.66 Å². The molecule has 0 bridgehead atoms. The summed E-state index contributed by atoms with van der Waals surface area (Å²) in [6.07, 6.45) is 1.53. The van der Waals surface area contributed by atoms with Gasteiger partial charge in [0.1, 0.15) is 17.2 Å². The third-order valence-electron chi connectivity index (χ3n) is 7.50. The molecule has 0 N–H and O–H groups in total. The zero-order valence-electron chi connectivity index (χ0n) is 26.5. The lowest BCUT2D eigenvalue weighted by Gasteiger charge is -2.17. The van der Waals surface area contributed by atoms with Gasteiger partial charge in [0.2, 0.25) is 0 Å². The smallest absolute Gasteiger partial charge is 0.282 e. The first-order valence-corrected chi connectivity index (χ1v) is 15.1. The molecule has 0 atom stereocenters. The molecule has 0 saturated heterocycles. The summed E-state index contributed by atoms with van der Waals surface area (Å²) in [4.78, 5) is 32.5. The van der Waals surface area contributed by atoms with E-state index < -0.39 is 0 Å². The average molecular weight is 604 g/mol. The first-order chi connectivity index (χ1) is 21.8. The number of nitrogens with zero attached hydrogens (tertiary/aromatic N) is 3. The Balaban J connectivity index is 1.74. The normalized spacial score (nSPS) is 11.4. The van der Waals surface area contributed by atoms with Crippen LogP contribution in [0.4, 0.5) is 0 Å². The second kappa shape index (κ2) is 13.6. The van der Waals surface area contributed by atoms with E-state index in [0.717, 1.165) is 22.4 Å². The molecule has 0 saturated carbocycles. The van der Waals surface area contributed by atoms with Gasteiger partial charge in [-0.2, -0.15) is 9.78 Å². The van der Waals surface area contributed by atoms with Crippen molar-refractivity contribution in [3.63, 3.8) is 0 Å². The molecule has 0 spiro atoms. The molecule has 0 fully saturated rings. The van der Waals surface area contributed by atoms with E-state index in [1.165, 1.54) is 10.9 Å². The first kappa shape index (κ1) is 31.2. The van der Waals surface area contributed by atoms with Crippen LogP contribution in [0.15, 0.2) is 88.8 Å². The molecule has 5 aromatic rings. The van der Waals surface area contributed by atoms with Gasteiger partial charge in [-0.3, -0.25) is 9.59 Å². The molecule has 0 aliphatic rings. The van der Waals surface area contributed by atoms with Crippen molar-refractivity contribution in [2.24, 2.45) is 5.10 Å². The molecule has 1 aromatic heterocycles. The van der Waals surface area contributed by atoms with E-state index in [1.54, 1.807) is 43.5 Å². The molecule has 45 heavy (non-hydrogen) atoms. The van der Waals surface area contributed by atoms with Gasteiger partial charge in [0.15, 0.2) is 11.6 Å². The van der Waals surface area contributed by atoms with Gasteiger partial charge in [-0.15, -0.1) is 0 Å². The van der Waals surface area contributed by atoms with Crippen LogP contribution in [-0.4, -0.2) is 42.0 Å². The van der Waals surface area contributed by atoms with Crippen molar-refractivity contribution in [3.8, 4) is 28.6 Å². The lowest BCUT2D eigenvalue weighted by atomic mass is 9.96. The highest BCUT2D eigenvalue weighted by Gasteiger charge is 2.21. The highest BCUT2D eigenvalue weighted by molar-refractivity contribution is 6.11. The molecular formula is C37H37N3O5. The molecule has 1 heterocycles. The summed E-state index contributed by atoms with van der Waals surface area (Å²) in [7, 11) is 1.65. The quantitative estimate of drug-likeness (QED) is 0.115. The van der Waals surface area contributed by atoms with E-state index >= 15 is 0 Å². The van der Waals surface area contributed by atoms with Gasteiger partial charge in [0, 0.05) is 22.8 Å². The summed E-state index contributed by atoms with van der Waals surface area (Å²) in [5.41, 5.74) is 4.29. The average Bonchev–Trinajstić information content (AvgIpc) is 3.05. The highest BCUT2D eigenvalue weighted by atomic mass is 16.5. The van der Waals surface area contributed by atoms with Gasteiger partial charge in [-0.05, 0) is 68.1 Å². The first-order valence-electron chi connectivity index (χ1n) is 15.1. The molecular weight excluding hydrogens is 566 g/mol. The van der Waals surface area contributed by atoms with Crippen molar-refractivity contribution in [2.45, 2.75) is 40.5 Å². The fourth-order valence-electron chi connectivity index (χ4n) is 5.25. The Bertz CT molecular complexity index is 1940. The number of hydrogen-bond donors (Lipinski definition) is 0. The Kier molecular flexibility index (Phi) is 9.42. The Labute approximate surface area is 262 Å². The van der Waals surface area contributed by atoms with Gasteiger partial charge in [-0.1, -0.05) is 56.3 Å². The predicted molar refractivity (Wildman–Crippen MR) is 178 cm³/mol. The van der Waals surface area contributed by atoms with E-state index in [1.807, 2.05) is 63.2 Å². The summed E-state index contributed by atoms with van der Waals surface area (Å²) in [6.45, 7) is 10.6. The molecule has 4 aromatic carbocycles. The number of ketones is 1. The fraction of sp³-hybridized carbons (Fsp3) is 0.243. The zero-order valence-corrected chi connectivity index (χ0v) is 26.5. The predicted octanol–water partition coefficient (Wildman–Crippen LogP) is 7.41. The van der Waals surface area contributed by atoms with Crippen LogP contribution >= 0.6 is 0 Å². The van der Waals surface area contributed by atoms with E-state index in [9.17, 15) is 9.59 Å². The number of aryl methyl sites for hydroxylation is 1. The second-order valence-corrected chi connectivity index (χ2v) is 10.8. The molecule has 0 unspecified atom stereocenters. The Morgan fingerprint density at radius 2 is 1.60 bits per heavy atom. The summed E-state index contributed by atoms with van der Waals surface area (Å²) >= 11 is 0. The van der Waals surface area contributed by atoms with Crippen LogP contribution in [0.1, 0.15) is 66.2 Å². The summed E-state index contributed by atoms with van der Waals surface area (Å²) < 4.78 is 18.8. The number of fused-ring (bicyclic) bond motifs is 1. The lowest BCUT2D eigenvalue weighted by Crippen LogP contribution is -2.21. The molecule has 0 aliphatic carbocycles. The molecule has 0 aliphatic heterocycles. The number of carbonyl (C=O) groups is 1. The standard InChI is InChI=1S/C37H37N3O5/c1-7-44-32-21-34(45-8-2)30(35(41)25-14-10-9-11-15-25)19-26(32)22-38-40-36(39-31-17-13-12-16-27(31)37(40)42)29-20-28(23(3)4)33(43-6)18-24(29)5/h9-23H,7-8H2,1-6H3. The zero-order chi connectivity index (χ0) is 32.1. The summed E-state index contributed by atoms with van der Waals surface area (Å²) in [5, 5.41) is 5.14. The molecule has 5 rings (SSSR count). The SMILES string of the molecule is CCOc1cc(OCC)c(C(=O)c2ccccc2)cc1C=Nn1c(-c2cc(C(C)C)c(OC)cc2C)nc2ccccc2c1=O. The summed E-state index contributed by atoms with van der Waals surface area (Å²) in [5.74, 6) is 2.02. The number of benzene rings is 4. The molecule has 0 amide bonds. The van der Waals surface area contributed by atoms with Crippen molar-refractivity contribution in [3.05, 3.63) is 117 Å². The maximum absolute atomic E-state index is 14.0. The van der Waals surface area contributed by atoms with E-state index in [4.69, 9.17) is 24.3 Å². The number of rotatable bonds is 11. The maximum atomic E-state index is 14.0. The van der Waals surface area contributed by atoms with Gasteiger partial charge in [-0.25, -0.2) is 4.98 Å². The lowest BCUT2D eigenvalue weighted by molar-refractivity contribution is 0.103. The Morgan fingerprint density at radius 1 is 0.911 bits per heavy atom. The number of hydrogen-bond acceptors (Lipinski definition) is 7. The molecule has 8 nitrogen and oxygen atoms in total. The van der Waals surface area contributed by atoms with Gasteiger partial charge < -0.3 is 14.2 Å². The van der Waals surface area contributed by atoms with E-state index in [2.05, 4.69) is 13.8 Å². The van der Waals surface area contributed by atoms with E-state index in [-0.39, 0.29) is 17.3 Å². The Morgan fingerprint density at radius 3 is 2.29 bits per heavy atom.